The van der Waals surface area contributed by atoms with Crippen LogP contribution in [0.15, 0.2) is 60.9 Å². The predicted octanol–water partition coefficient (Wildman–Crippen LogP) is 5.10. The van der Waals surface area contributed by atoms with Crippen molar-refractivity contribution in [1.29, 1.82) is 0 Å². The van der Waals surface area contributed by atoms with E-state index in [0.717, 1.165) is 40.2 Å². The fourth-order valence-electron chi connectivity index (χ4n) is 5.72. The van der Waals surface area contributed by atoms with Crippen LogP contribution < -0.4 is 28.4 Å². The average molecular weight is 629 g/mol. The van der Waals surface area contributed by atoms with E-state index in [1.807, 2.05) is 60.4 Å². The number of hydrogen-bond donors (Lipinski definition) is 0. The maximum absolute atomic E-state index is 13.6. The maximum atomic E-state index is 13.6. The lowest BCUT2D eigenvalue weighted by atomic mass is 10.1. The number of carbonyl (C=O) groups excluding carboxylic acids is 1. The van der Waals surface area contributed by atoms with Crippen LogP contribution in [0.3, 0.4) is 0 Å². The van der Waals surface area contributed by atoms with Gasteiger partial charge in [-0.15, -0.1) is 0 Å². The van der Waals surface area contributed by atoms with E-state index in [1.54, 1.807) is 55.1 Å². The van der Waals surface area contributed by atoms with Gasteiger partial charge in [-0.2, -0.15) is 0 Å². The second kappa shape index (κ2) is 14.4. The summed E-state index contributed by atoms with van der Waals surface area (Å²) >= 11 is 0. The van der Waals surface area contributed by atoms with Crippen LogP contribution in [-0.4, -0.2) is 87.5 Å². The molecule has 11 heteroatoms. The quantitative estimate of drug-likeness (QED) is 0.211. The summed E-state index contributed by atoms with van der Waals surface area (Å²) in [6, 6.07) is 15.1. The van der Waals surface area contributed by atoms with Crippen LogP contribution in [0.25, 0.3) is 22.5 Å². The van der Waals surface area contributed by atoms with Gasteiger partial charge in [0.1, 0.15) is 0 Å². The van der Waals surface area contributed by atoms with Crippen molar-refractivity contribution < 1.29 is 33.2 Å². The molecular weight excluding hydrogens is 588 g/mol. The number of piperazine rings is 1. The molecule has 46 heavy (non-hydrogen) atoms. The largest absolute Gasteiger partial charge is 0.493 e. The second-order valence-electron chi connectivity index (χ2n) is 10.8. The molecule has 1 amide bonds. The Bertz CT molecular complexity index is 1650. The Kier molecular flexibility index (Phi) is 10.1. The van der Waals surface area contributed by atoms with Crippen LogP contribution in [0.4, 0.5) is 0 Å². The third kappa shape index (κ3) is 6.64. The summed E-state index contributed by atoms with van der Waals surface area (Å²) in [5.41, 5.74) is 5.22. The topological polar surface area (TPSA) is 105 Å². The lowest BCUT2D eigenvalue weighted by molar-refractivity contribution is -0.142. The monoisotopic (exact) mass is 628 g/mol. The molecule has 3 heterocycles. The minimum absolute atomic E-state index is 0.0799. The van der Waals surface area contributed by atoms with Gasteiger partial charge in [0, 0.05) is 49.7 Å². The minimum atomic E-state index is -0.289. The van der Waals surface area contributed by atoms with Crippen molar-refractivity contribution in [3.8, 4) is 57.0 Å². The van der Waals surface area contributed by atoms with E-state index in [1.165, 1.54) is 0 Å². The van der Waals surface area contributed by atoms with Crippen LogP contribution >= 0.6 is 0 Å². The SMILES string of the molecule is COc1cc(-c2cc(CN3CCN(Cc4ccnc(-c5cc(OC)c(OC)c(OC)c5)c4)[C@@H](C)C3=O)ccn2)cc(OC)c1OC. The van der Waals surface area contributed by atoms with E-state index in [4.69, 9.17) is 28.4 Å². The highest BCUT2D eigenvalue weighted by Gasteiger charge is 2.31. The summed E-state index contributed by atoms with van der Waals surface area (Å²) in [6.07, 6.45) is 3.54. The normalized spacial score (nSPS) is 15.0. The first kappa shape index (κ1) is 32.4. The number of amides is 1. The van der Waals surface area contributed by atoms with E-state index in [-0.39, 0.29) is 11.9 Å². The number of rotatable bonds is 12. The number of nitrogens with zero attached hydrogens (tertiary/aromatic N) is 4. The average Bonchev–Trinajstić information content (AvgIpc) is 3.10. The van der Waals surface area contributed by atoms with Crippen molar-refractivity contribution in [3.05, 3.63) is 72.1 Å². The molecule has 0 radical (unpaired) electrons. The number of benzene rings is 2. The number of carbonyl (C=O) groups is 1. The lowest BCUT2D eigenvalue weighted by Crippen LogP contribution is -2.54. The molecule has 1 aliphatic heterocycles. The zero-order valence-electron chi connectivity index (χ0n) is 27.3. The number of hydrogen-bond acceptors (Lipinski definition) is 10. The first-order valence-electron chi connectivity index (χ1n) is 14.9. The third-order valence-corrected chi connectivity index (χ3v) is 8.20. The summed E-state index contributed by atoms with van der Waals surface area (Å²) in [7, 11) is 9.50. The Balaban J connectivity index is 1.29. The number of methoxy groups -OCH3 is 6. The summed E-state index contributed by atoms with van der Waals surface area (Å²) < 4.78 is 33.0. The van der Waals surface area contributed by atoms with Crippen molar-refractivity contribution >= 4 is 5.91 Å². The maximum Gasteiger partial charge on any atom is 0.239 e. The van der Waals surface area contributed by atoms with E-state index in [9.17, 15) is 4.79 Å². The Morgan fingerprint density at radius 3 is 1.48 bits per heavy atom. The molecule has 242 valence electrons. The van der Waals surface area contributed by atoms with Crippen LogP contribution in [0.2, 0.25) is 0 Å². The van der Waals surface area contributed by atoms with Crippen molar-refractivity contribution in [2.24, 2.45) is 0 Å². The van der Waals surface area contributed by atoms with E-state index in [0.29, 0.717) is 54.1 Å². The Labute approximate surface area is 269 Å². The van der Waals surface area contributed by atoms with Crippen LogP contribution in [0.5, 0.6) is 34.5 Å². The van der Waals surface area contributed by atoms with Crippen molar-refractivity contribution in [1.82, 2.24) is 19.8 Å². The molecule has 1 saturated heterocycles. The first-order valence-corrected chi connectivity index (χ1v) is 14.9. The Hall–Kier alpha value is -5.03. The molecule has 0 bridgehead atoms. The molecule has 0 saturated carbocycles. The third-order valence-electron chi connectivity index (χ3n) is 8.20. The van der Waals surface area contributed by atoms with E-state index < -0.39 is 0 Å². The molecule has 1 aliphatic rings. The van der Waals surface area contributed by atoms with Gasteiger partial charge >= 0.3 is 0 Å². The van der Waals surface area contributed by atoms with Gasteiger partial charge in [0.15, 0.2) is 23.0 Å². The van der Waals surface area contributed by atoms with Gasteiger partial charge in [-0.1, -0.05) is 0 Å². The predicted molar refractivity (Wildman–Crippen MR) is 174 cm³/mol. The molecule has 0 N–H and O–H groups in total. The van der Waals surface area contributed by atoms with E-state index >= 15 is 0 Å². The van der Waals surface area contributed by atoms with Crippen LogP contribution in [0.1, 0.15) is 18.1 Å². The minimum Gasteiger partial charge on any atom is -0.493 e. The number of pyridine rings is 2. The highest BCUT2D eigenvalue weighted by Crippen LogP contribution is 2.42. The van der Waals surface area contributed by atoms with Gasteiger partial charge in [-0.05, 0) is 66.6 Å². The van der Waals surface area contributed by atoms with Gasteiger partial charge in [-0.25, -0.2) is 0 Å². The molecular formula is C35H40N4O7. The second-order valence-corrected chi connectivity index (χ2v) is 10.8. The van der Waals surface area contributed by atoms with Crippen LogP contribution in [0, 0.1) is 0 Å². The molecule has 11 nitrogen and oxygen atoms in total. The smallest absolute Gasteiger partial charge is 0.239 e. The van der Waals surface area contributed by atoms with Gasteiger partial charge < -0.3 is 33.3 Å². The molecule has 2 aromatic carbocycles. The molecule has 0 unspecified atom stereocenters. The fraction of sp³-hybridized carbons (Fsp3) is 0.343. The molecule has 2 aromatic heterocycles. The van der Waals surface area contributed by atoms with E-state index in [2.05, 4.69) is 14.9 Å². The highest BCUT2D eigenvalue weighted by atomic mass is 16.5. The summed E-state index contributed by atoms with van der Waals surface area (Å²) in [5, 5.41) is 0. The number of ether oxygens (including phenoxy) is 6. The van der Waals surface area contributed by atoms with Crippen molar-refractivity contribution in [2.75, 3.05) is 55.7 Å². The Morgan fingerprint density at radius 1 is 0.630 bits per heavy atom. The molecule has 1 atom stereocenters. The number of aromatic nitrogens is 2. The van der Waals surface area contributed by atoms with Gasteiger partial charge in [0.05, 0.1) is 60.1 Å². The molecule has 5 rings (SSSR count). The van der Waals surface area contributed by atoms with Crippen LogP contribution in [-0.2, 0) is 17.9 Å². The molecule has 0 aliphatic carbocycles. The fourth-order valence-corrected chi connectivity index (χ4v) is 5.72. The zero-order chi connectivity index (χ0) is 32.8. The standard InChI is InChI=1S/C35H40N4O7/c1-22-35(40)39(21-24-9-11-37-28(15-24)26-18-31(43-4)34(46-7)32(19-26)44-5)13-12-38(22)20-23-8-10-36-27(14-23)25-16-29(41-2)33(45-6)30(17-25)42-3/h8-11,14-19,22H,12-13,20-21H2,1-7H3/t22-/m0/s1. The summed E-state index contributed by atoms with van der Waals surface area (Å²) in [4.78, 5) is 26.8. The summed E-state index contributed by atoms with van der Waals surface area (Å²) in [5.74, 6) is 3.35. The van der Waals surface area contributed by atoms with Crippen molar-refractivity contribution in [2.45, 2.75) is 26.1 Å². The molecule has 0 spiro atoms. The Morgan fingerprint density at radius 2 is 1.07 bits per heavy atom. The molecule has 1 fully saturated rings. The molecule has 4 aromatic rings. The lowest BCUT2D eigenvalue weighted by Gasteiger charge is -2.39. The van der Waals surface area contributed by atoms with Crippen molar-refractivity contribution in [3.63, 3.8) is 0 Å². The highest BCUT2D eigenvalue weighted by molar-refractivity contribution is 5.82. The van der Waals surface area contributed by atoms with Gasteiger partial charge in [0.2, 0.25) is 17.4 Å². The summed E-state index contributed by atoms with van der Waals surface area (Å²) in [6.45, 7) is 4.40. The zero-order valence-corrected chi connectivity index (χ0v) is 27.3. The first-order chi connectivity index (χ1) is 22.3. The van der Waals surface area contributed by atoms with Gasteiger partial charge in [-0.3, -0.25) is 19.7 Å². The van der Waals surface area contributed by atoms with Gasteiger partial charge in [0.25, 0.3) is 0 Å².